The Labute approximate surface area is 81.1 Å². The van der Waals surface area contributed by atoms with Gasteiger partial charge in [-0.3, -0.25) is 0 Å². The zero-order valence-electron chi connectivity index (χ0n) is 7.29. The van der Waals surface area contributed by atoms with E-state index in [2.05, 4.69) is 4.98 Å². The second kappa shape index (κ2) is 2.92. The normalized spacial score (nSPS) is 10.9. The van der Waals surface area contributed by atoms with Gasteiger partial charge in [0.2, 0.25) is 0 Å². The first-order chi connectivity index (χ1) is 6.22. The minimum Gasteiger partial charge on any atom is -0.382 e. The van der Waals surface area contributed by atoms with Gasteiger partial charge in [-0.25, -0.2) is 4.98 Å². The fraction of sp³-hybridized carbons (Fsp3) is 0.222. The monoisotopic (exact) mass is 195 g/mol. The molecule has 2 heterocycles. The lowest BCUT2D eigenvalue weighted by atomic mass is 10.4. The summed E-state index contributed by atoms with van der Waals surface area (Å²) in [5.74, 6) is 1.50. The molecule has 0 saturated heterocycles. The van der Waals surface area contributed by atoms with Gasteiger partial charge in [-0.2, -0.15) is 0 Å². The van der Waals surface area contributed by atoms with Crippen molar-refractivity contribution in [3.8, 4) is 0 Å². The molecule has 0 spiro atoms. The van der Waals surface area contributed by atoms with Crippen molar-refractivity contribution in [3.05, 3.63) is 29.2 Å². The minimum absolute atomic E-state index is 0.541. The second-order valence-corrected chi connectivity index (χ2v) is 3.30. The summed E-state index contributed by atoms with van der Waals surface area (Å²) < 4.78 is 1.96. The van der Waals surface area contributed by atoms with Crippen LogP contribution in [0, 0.1) is 0 Å². The summed E-state index contributed by atoms with van der Waals surface area (Å²) in [5.41, 5.74) is 6.61. The first-order valence-corrected chi connectivity index (χ1v) is 4.52. The van der Waals surface area contributed by atoms with E-state index in [0.717, 1.165) is 17.8 Å². The minimum atomic E-state index is 0.541. The molecule has 3 nitrogen and oxygen atoms in total. The fourth-order valence-corrected chi connectivity index (χ4v) is 1.56. The quantitative estimate of drug-likeness (QED) is 0.758. The molecule has 0 aliphatic heterocycles. The number of aromatic nitrogens is 2. The lowest BCUT2D eigenvalue weighted by Crippen LogP contribution is -1.90. The SMILES string of the molecule is CCc1nc(N)c2cc(Cl)ccn12. The van der Waals surface area contributed by atoms with E-state index in [1.165, 1.54) is 0 Å². The van der Waals surface area contributed by atoms with Gasteiger partial charge < -0.3 is 10.1 Å². The highest BCUT2D eigenvalue weighted by Gasteiger charge is 2.06. The van der Waals surface area contributed by atoms with Crippen molar-refractivity contribution in [2.24, 2.45) is 0 Å². The van der Waals surface area contributed by atoms with Gasteiger partial charge in [-0.1, -0.05) is 18.5 Å². The Morgan fingerprint density at radius 1 is 1.62 bits per heavy atom. The average Bonchev–Trinajstić information content (AvgIpc) is 2.43. The number of nitrogens with two attached hydrogens (primary N) is 1. The Bertz CT molecular complexity index is 447. The molecule has 2 aromatic rings. The summed E-state index contributed by atoms with van der Waals surface area (Å²) in [6, 6.07) is 3.65. The number of hydrogen-bond donors (Lipinski definition) is 1. The second-order valence-electron chi connectivity index (χ2n) is 2.87. The molecule has 68 valence electrons. The topological polar surface area (TPSA) is 43.3 Å². The maximum Gasteiger partial charge on any atom is 0.149 e. The Hall–Kier alpha value is -1.22. The Morgan fingerprint density at radius 2 is 2.38 bits per heavy atom. The number of halogens is 1. The number of pyridine rings is 1. The van der Waals surface area contributed by atoms with Crippen LogP contribution in [-0.4, -0.2) is 9.38 Å². The van der Waals surface area contributed by atoms with Crippen molar-refractivity contribution in [3.63, 3.8) is 0 Å². The summed E-state index contributed by atoms with van der Waals surface area (Å²) in [4.78, 5) is 4.23. The standard InChI is InChI=1S/C9H10ClN3/c1-2-8-12-9(11)7-5-6(10)3-4-13(7)8/h3-5H,2,11H2,1H3. The molecule has 0 radical (unpaired) electrons. The van der Waals surface area contributed by atoms with Crippen LogP contribution in [0.25, 0.3) is 5.52 Å². The predicted octanol–water partition coefficient (Wildman–Crippen LogP) is 2.13. The molecule has 13 heavy (non-hydrogen) atoms. The van der Waals surface area contributed by atoms with Crippen molar-refractivity contribution >= 4 is 22.9 Å². The molecule has 2 N–H and O–H groups in total. The third kappa shape index (κ3) is 1.25. The van der Waals surface area contributed by atoms with E-state index in [9.17, 15) is 0 Å². The van der Waals surface area contributed by atoms with Crippen LogP contribution in [-0.2, 0) is 6.42 Å². The van der Waals surface area contributed by atoms with Gasteiger partial charge in [0.05, 0.1) is 5.52 Å². The molecule has 0 aromatic carbocycles. The number of nitrogen functional groups attached to an aromatic ring is 1. The van der Waals surface area contributed by atoms with Crippen LogP contribution in [0.2, 0.25) is 5.02 Å². The molecule has 0 bridgehead atoms. The molecular formula is C9H10ClN3. The largest absolute Gasteiger partial charge is 0.382 e. The van der Waals surface area contributed by atoms with Crippen LogP contribution in [0.4, 0.5) is 5.82 Å². The zero-order chi connectivity index (χ0) is 9.42. The highest BCUT2D eigenvalue weighted by molar-refractivity contribution is 6.31. The predicted molar refractivity (Wildman–Crippen MR) is 54.0 cm³/mol. The molecule has 0 unspecified atom stereocenters. The maximum atomic E-state index is 5.85. The maximum absolute atomic E-state index is 5.85. The molecule has 4 heteroatoms. The summed E-state index contributed by atoms with van der Waals surface area (Å²) in [5, 5.41) is 0.682. The van der Waals surface area contributed by atoms with Gasteiger partial charge in [-0.05, 0) is 12.1 Å². The van der Waals surface area contributed by atoms with Crippen LogP contribution in [0.3, 0.4) is 0 Å². The number of rotatable bonds is 1. The smallest absolute Gasteiger partial charge is 0.149 e. The van der Waals surface area contributed by atoms with E-state index in [-0.39, 0.29) is 0 Å². The van der Waals surface area contributed by atoms with E-state index in [1.807, 2.05) is 29.7 Å². The van der Waals surface area contributed by atoms with Crippen molar-refractivity contribution in [2.75, 3.05) is 5.73 Å². The molecule has 0 aliphatic rings. The van der Waals surface area contributed by atoms with Gasteiger partial charge in [0, 0.05) is 17.6 Å². The molecule has 0 saturated carbocycles. The molecule has 0 aliphatic carbocycles. The van der Waals surface area contributed by atoms with Gasteiger partial charge in [0.25, 0.3) is 0 Å². The van der Waals surface area contributed by atoms with Gasteiger partial charge >= 0.3 is 0 Å². The Morgan fingerprint density at radius 3 is 3.08 bits per heavy atom. The van der Waals surface area contributed by atoms with E-state index in [4.69, 9.17) is 17.3 Å². The van der Waals surface area contributed by atoms with E-state index < -0.39 is 0 Å². The molecule has 0 atom stereocenters. The first kappa shape index (κ1) is 8.38. The van der Waals surface area contributed by atoms with Crippen LogP contribution >= 0.6 is 11.6 Å². The van der Waals surface area contributed by atoms with Crippen molar-refractivity contribution in [2.45, 2.75) is 13.3 Å². The average molecular weight is 196 g/mol. The number of anilines is 1. The van der Waals surface area contributed by atoms with Gasteiger partial charge in [0.1, 0.15) is 11.6 Å². The van der Waals surface area contributed by atoms with Crippen LogP contribution < -0.4 is 5.73 Å². The lowest BCUT2D eigenvalue weighted by molar-refractivity contribution is 0.935. The third-order valence-electron chi connectivity index (χ3n) is 2.02. The Balaban J connectivity index is 2.80. The molecular weight excluding hydrogens is 186 g/mol. The Kier molecular flexibility index (Phi) is 1.88. The van der Waals surface area contributed by atoms with Crippen molar-refractivity contribution in [1.29, 1.82) is 0 Å². The molecule has 0 fully saturated rings. The van der Waals surface area contributed by atoms with Crippen LogP contribution in [0.5, 0.6) is 0 Å². The number of aryl methyl sites for hydroxylation is 1. The van der Waals surface area contributed by atoms with Crippen LogP contribution in [0.1, 0.15) is 12.7 Å². The first-order valence-electron chi connectivity index (χ1n) is 4.14. The van der Waals surface area contributed by atoms with Crippen molar-refractivity contribution < 1.29 is 0 Å². The molecule has 2 rings (SSSR count). The highest BCUT2D eigenvalue weighted by Crippen LogP contribution is 2.19. The van der Waals surface area contributed by atoms with Crippen molar-refractivity contribution in [1.82, 2.24) is 9.38 Å². The summed E-state index contributed by atoms with van der Waals surface area (Å²) in [6.45, 7) is 2.04. The number of fused-ring (bicyclic) bond motifs is 1. The summed E-state index contributed by atoms with van der Waals surface area (Å²) >= 11 is 5.85. The van der Waals surface area contributed by atoms with Crippen LogP contribution in [0.15, 0.2) is 18.3 Å². The lowest BCUT2D eigenvalue weighted by Gasteiger charge is -1.97. The van der Waals surface area contributed by atoms with E-state index in [0.29, 0.717) is 10.8 Å². The third-order valence-corrected chi connectivity index (χ3v) is 2.26. The van der Waals surface area contributed by atoms with E-state index >= 15 is 0 Å². The fourth-order valence-electron chi connectivity index (χ4n) is 1.40. The number of hydrogen-bond acceptors (Lipinski definition) is 2. The van der Waals surface area contributed by atoms with Gasteiger partial charge in [-0.15, -0.1) is 0 Å². The number of nitrogens with zero attached hydrogens (tertiary/aromatic N) is 2. The molecule has 2 aromatic heterocycles. The molecule has 0 amide bonds. The highest BCUT2D eigenvalue weighted by atomic mass is 35.5. The van der Waals surface area contributed by atoms with E-state index in [1.54, 1.807) is 0 Å². The summed E-state index contributed by atoms with van der Waals surface area (Å²) in [7, 11) is 0. The zero-order valence-corrected chi connectivity index (χ0v) is 8.04. The van der Waals surface area contributed by atoms with Gasteiger partial charge in [0.15, 0.2) is 0 Å². The summed E-state index contributed by atoms with van der Waals surface area (Å²) in [6.07, 6.45) is 2.75. The number of imidazole rings is 1.